The molecule has 3 nitrogen and oxygen atoms in total. The van der Waals surface area contributed by atoms with E-state index in [0.29, 0.717) is 5.92 Å². The second kappa shape index (κ2) is 5.36. The molecule has 0 unspecified atom stereocenters. The van der Waals surface area contributed by atoms with Crippen LogP contribution in [0.2, 0.25) is 0 Å². The predicted molar refractivity (Wildman–Crippen MR) is 78.2 cm³/mol. The number of pyridine rings is 1. The van der Waals surface area contributed by atoms with E-state index in [4.69, 9.17) is 0 Å². The van der Waals surface area contributed by atoms with Gasteiger partial charge in [0.25, 0.3) is 0 Å². The Morgan fingerprint density at radius 2 is 2.33 bits per heavy atom. The van der Waals surface area contributed by atoms with Crippen LogP contribution in [0.15, 0.2) is 34.5 Å². The molecule has 1 fully saturated rings. The highest BCUT2D eigenvalue weighted by Crippen LogP contribution is 2.31. The molecule has 2 aromatic rings. The number of hydrogen-bond donors (Lipinski definition) is 0. The Bertz CT molecular complexity index is 515. The van der Waals surface area contributed by atoms with Gasteiger partial charge in [0.2, 0.25) is 0 Å². The lowest BCUT2D eigenvalue weighted by Gasteiger charge is -2.33. The van der Waals surface area contributed by atoms with Gasteiger partial charge in [-0.15, -0.1) is 11.3 Å². The summed E-state index contributed by atoms with van der Waals surface area (Å²) in [6.45, 7) is 2.16. The molecule has 18 heavy (non-hydrogen) atoms. The second-order valence-electron chi connectivity index (χ2n) is 4.52. The van der Waals surface area contributed by atoms with E-state index in [2.05, 4.69) is 42.2 Å². The summed E-state index contributed by atoms with van der Waals surface area (Å²) in [5.74, 6) is 0.567. The van der Waals surface area contributed by atoms with Crippen LogP contribution in [-0.2, 0) is 0 Å². The van der Waals surface area contributed by atoms with E-state index in [9.17, 15) is 0 Å². The molecule has 94 valence electrons. The molecule has 1 aliphatic rings. The van der Waals surface area contributed by atoms with Crippen molar-refractivity contribution in [3.05, 3.63) is 39.5 Å². The van der Waals surface area contributed by atoms with Crippen LogP contribution in [0.4, 0.5) is 5.69 Å². The van der Waals surface area contributed by atoms with E-state index in [1.807, 2.05) is 18.6 Å². The van der Waals surface area contributed by atoms with Crippen LogP contribution in [0.1, 0.15) is 23.8 Å². The largest absolute Gasteiger partial charge is 0.370 e. The zero-order chi connectivity index (χ0) is 12.4. The highest BCUT2D eigenvalue weighted by molar-refractivity contribution is 9.10. The smallest absolute Gasteiger partial charge is 0.0973 e. The van der Waals surface area contributed by atoms with Crippen LogP contribution < -0.4 is 4.90 Å². The molecule has 1 aliphatic heterocycles. The number of nitrogens with zero attached hydrogens (tertiary/aromatic N) is 3. The van der Waals surface area contributed by atoms with E-state index in [0.717, 1.165) is 17.6 Å². The number of hydrogen-bond acceptors (Lipinski definition) is 4. The summed E-state index contributed by atoms with van der Waals surface area (Å²) < 4.78 is 1.04. The number of rotatable bonds is 2. The molecule has 0 radical (unpaired) electrons. The molecule has 1 saturated heterocycles. The molecule has 0 bridgehead atoms. The van der Waals surface area contributed by atoms with Gasteiger partial charge >= 0.3 is 0 Å². The molecule has 1 atom stereocenters. The van der Waals surface area contributed by atoms with E-state index < -0.39 is 0 Å². The fourth-order valence-corrected chi connectivity index (χ4v) is 3.54. The molecule has 5 heteroatoms. The molecule has 2 aromatic heterocycles. The fraction of sp³-hybridized carbons (Fsp3) is 0.385. The minimum atomic E-state index is 0.567. The standard InChI is InChI=1S/C13H14BrN3S/c14-11-6-12(8-15-7-11)17-4-1-2-10(9-17)13-16-3-5-18-13/h3,5-8,10H,1-2,4,9H2/t10-/m1/s1. The number of thiazole rings is 1. The van der Waals surface area contributed by atoms with Crippen molar-refractivity contribution in [1.82, 2.24) is 9.97 Å². The molecule has 3 heterocycles. The molecule has 3 rings (SSSR count). The SMILES string of the molecule is Brc1cncc(N2CCC[C@@H](c3nccs3)C2)c1. The highest BCUT2D eigenvalue weighted by Gasteiger charge is 2.23. The molecule has 0 spiro atoms. The normalized spacial score (nSPS) is 20.1. The number of anilines is 1. The molecule has 0 aliphatic carbocycles. The minimum absolute atomic E-state index is 0.567. The van der Waals surface area contributed by atoms with Gasteiger partial charge in [0.15, 0.2) is 0 Å². The molecular weight excluding hydrogens is 310 g/mol. The number of halogens is 1. The molecule has 0 amide bonds. The minimum Gasteiger partial charge on any atom is -0.370 e. The molecule has 0 saturated carbocycles. The zero-order valence-corrected chi connectivity index (χ0v) is 12.3. The maximum absolute atomic E-state index is 4.45. The van der Waals surface area contributed by atoms with Gasteiger partial charge in [-0.3, -0.25) is 4.98 Å². The van der Waals surface area contributed by atoms with Gasteiger partial charge < -0.3 is 4.90 Å². The van der Waals surface area contributed by atoms with Gasteiger partial charge in [-0.25, -0.2) is 4.98 Å². The summed E-state index contributed by atoms with van der Waals surface area (Å²) in [7, 11) is 0. The van der Waals surface area contributed by atoms with Crippen molar-refractivity contribution in [2.24, 2.45) is 0 Å². The van der Waals surface area contributed by atoms with Crippen LogP contribution in [0.5, 0.6) is 0 Å². The van der Waals surface area contributed by atoms with Crippen LogP contribution in [0, 0.1) is 0 Å². The summed E-state index contributed by atoms with van der Waals surface area (Å²) in [4.78, 5) is 11.1. The van der Waals surface area contributed by atoms with Crippen molar-refractivity contribution in [3.63, 3.8) is 0 Å². The first-order chi connectivity index (χ1) is 8.83. The van der Waals surface area contributed by atoms with Crippen LogP contribution in [0.3, 0.4) is 0 Å². The Kier molecular flexibility index (Phi) is 3.61. The van der Waals surface area contributed by atoms with Crippen LogP contribution >= 0.6 is 27.3 Å². The van der Waals surface area contributed by atoms with Crippen molar-refractivity contribution in [1.29, 1.82) is 0 Å². The van der Waals surface area contributed by atoms with Gasteiger partial charge in [-0.2, -0.15) is 0 Å². The van der Waals surface area contributed by atoms with Gasteiger partial charge in [0, 0.05) is 41.3 Å². The van der Waals surface area contributed by atoms with Crippen molar-refractivity contribution in [2.45, 2.75) is 18.8 Å². The topological polar surface area (TPSA) is 29.0 Å². The predicted octanol–water partition coefficient (Wildman–Crippen LogP) is 3.68. The Labute approximate surface area is 119 Å². The van der Waals surface area contributed by atoms with Crippen molar-refractivity contribution in [2.75, 3.05) is 18.0 Å². The third-order valence-corrected chi connectivity index (χ3v) is 4.65. The summed E-state index contributed by atoms with van der Waals surface area (Å²) in [6, 6.07) is 2.14. The van der Waals surface area contributed by atoms with Gasteiger partial charge in [-0.05, 0) is 34.8 Å². The lowest BCUT2D eigenvalue weighted by atomic mass is 9.98. The van der Waals surface area contributed by atoms with Crippen molar-refractivity contribution in [3.8, 4) is 0 Å². The summed E-state index contributed by atoms with van der Waals surface area (Å²) in [5.41, 5.74) is 1.20. The summed E-state index contributed by atoms with van der Waals surface area (Å²) in [6.07, 6.45) is 8.13. The molecular formula is C13H14BrN3S. The highest BCUT2D eigenvalue weighted by atomic mass is 79.9. The number of aromatic nitrogens is 2. The Morgan fingerprint density at radius 3 is 3.11 bits per heavy atom. The molecule has 0 N–H and O–H groups in total. The Balaban J connectivity index is 1.78. The van der Waals surface area contributed by atoms with E-state index in [1.54, 1.807) is 11.3 Å². The summed E-state index contributed by atoms with van der Waals surface area (Å²) >= 11 is 5.25. The Hall–Kier alpha value is -0.940. The molecule has 0 aromatic carbocycles. The fourth-order valence-electron chi connectivity index (χ4n) is 2.42. The average Bonchev–Trinajstić information content (AvgIpc) is 2.93. The quantitative estimate of drug-likeness (QED) is 0.844. The monoisotopic (exact) mass is 323 g/mol. The lowest BCUT2D eigenvalue weighted by molar-refractivity contribution is 0.508. The average molecular weight is 324 g/mol. The first-order valence-electron chi connectivity index (χ1n) is 6.08. The van der Waals surface area contributed by atoms with Gasteiger partial charge in [0.1, 0.15) is 0 Å². The van der Waals surface area contributed by atoms with Gasteiger partial charge in [-0.1, -0.05) is 0 Å². The van der Waals surface area contributed by atoms with Crippen LogP contribution in [-0.4, -0.2) is 23.1 Å². The van der Waals surface area contributed by atoms with Gasteiger partial charge in [0.05, 0.1) is 16.9 Å². The van der Waals surface area contributed by atoms with Crippen molar-refractivity contribution >= 4 is 33.0 Å². The van der Waals surface area contributed by atoms with E-state index in [-0.39, 0.29) is 0 Å². The maximum Gasteiger partial charge on any atom is 0.0973 e. The third kappa shape index (κ3) is 2.57. The Morgan fingerprint density at radius 1 is 1.39 bits per heavy atom. The lowest BCUT2D eigenvalue weighted by Crippen LogP contribution is -2.34. The van der Waals surface area contributed by atoms with Crippen LogP contribution in [0.25, 0.3) is 0 Å². The van der Waals surface area contributed by atoms with E-state index in [1.165, 1.54) is 23.5 Å². The van der Waals surface area contributed by atoms with Crippen molar-refractivity contribution < 1.29 is 0 Å². The maximum atomic E-state index is 4.45. The first kappa shape index (κ1) is 12.1. The second-order valence-corrected chi connectivity index (χ2v) is 6.36. The van der Waals surface area contributed by atoms with E-state index >= 15 is 0 Å². The summed E-state index contributed by atoms with van der Waals surface area (Å²) in [5, 5.41) is 3.33. The number of piperidine rings is 1. The third-order valence-electron chi connectivity index (χ3n) is 3.28. The first-order valence-corrected chi connectivity index (χ1v) is 7.75. The zero-order valence-electron chi connectivity index (χ0n) is 9.92.